The van der Waals surface area contributed by atoms with Crippen LogP contribution in [0.1, 0.15) is 13.3 Å². The lowest BCUT2D eigenvalue weighted by Crippen LogP contribution is -1.98. The molecule has 0 saturated heterocycles. The molecular formula is C13H12Cl2N2O. The first-order valence-corrected chi connectivity index (χ1v) is 6.38. The molecule has 0 unspecified atom stereocenters. The second kappa shape index (κ2) is 6.03. The van der Waals surface area contributed by atoms with Gasteiger partial charge in [0, 0.05) is 6.07 Å². The fraction of sp³-hybridized carbons (Fsp3) is 0.231. The van der Waals surface area contributed by atoms with Crippen molar-refractivity contribution in [3.63, 3.8) is 0 Å². The van der Waals surface area contributed by atoms with Crippen molar-refractivity contribution in [2.75, 3.05) is 6.61 Å². The molecule has 2 aromatic rings. The molecule has 2 rings (SSSR count). The monoisotopic (exact) mass is 282 g/mol. The third kappa shape index (κ3) is 3.12. The van der Waals surface area contributed by atoms with Crippen molar-refractivity contribution in [3.05, 3.63) is 40.6 Å². The molecule has 18 heavy (non-hydrogen) atoms. The summed E-state index contributed by atoms with van der Waals surface area (Å²) in [6.07, 6.45) is 0.936. The summed E-state index contributed by atoms with van der Waals surface area (Å²) in [5, 5.41) is 0.630. The van der Waals surface area contributed by atoms with Crippen LogP contribution in [0.3, 0.4) is 0 Å². The molecule has 0 aliphatic heterocycles. The van der Waals surface area contributed by atoms with Crippen molar-refractivity contribution in [1.82, 2.24) is 9.97 Å². The van der Waals surface area contributed by atoms with Gasteiger partial charge in [0.05, 0.1) is 12.2 Å². The quantitative estimate of drug-likeness (QED) is 0.787. The summed E-state index contributed by atoms with van der Waals surface area (Å²) in [6.45, 7) is 2.70. The standard InChI is InChI=1S/C13H12Cl2N2O/c1-2-7-18-10-6-4-3-5-9(10)13-16-11(14)8-12(15)17-13/h3-6,8H,2,7H2,1H3. The highest BCUT2D eigenvalue weighted by Gasteiger charge is 2.10. The van der Waals surface area contributed by atoms with Crippen LogP contribution in [0.4, 0.5) is 0 Å². The van der Waals surface area contributed by atoms with Crippen LogP contribution in [-0.2, 0) is 0 Å². The topological polar surface area (TPSA) is 35.0 Å². The van der Waals surface area contributed by atoms with Crippen molar-refractivity contribution in [1.29, 1.82) is 0 Å². The molecule has 5 heteroatoms. The van der Waals surface area contributed by atoms with Crippen LogP contribution in [-0.4, -0.2) is 16.6 Å². The predicted octanol–water partition coefficient (Wildman–Crippen LogP) is 4.24. The summed E-state index contributed by atoms with van der Waals surface area (Å²) in [5.41, 5.74) is 0.787. The molecule has 0 bridgehead atoms. The fourth-order valence-electron chi connectivity index (χ4n) is 1.50. The minimum absolute atomic E-state index is 0.315. The normalized spacial score (nSPS) is 10.4. The van der Waals surface area contributed by atoms with E-state index in [0.29, 0.717) is 22.7 Å². The molecule has 0 atom stereocenters. The Hall–Kier alpha value is -1.32. The fourth-order valence-corrected chi connectivity index (χ4v) is 1.92. The first kappa shape index (κ1) is 13.1. The summed E-state index contributed by atoms with van der Waals surface area (Å²) < 4.78 is 5.65. The van der Waals surface area contributed by atoms with Gasteiger partial charge in [0.15, 0.2) is 5.82 Å². The Bertz CT molecular complexity index is 526. The molecule has 0 fully saturated rings. The van der Waals surface area contributed by atoms with E-state index >= 15 is 0 Å². The van der Waals surface area contributed by atoms with E-state index in [2.05, 4.69) is 16.9 Å². The van der Waals surface area contributed by atoms with Crippen molar-refractivity contribution in [3.8, 4) is 17.1 Å². The Balaban J connectivity index is 2.42. The molecule has 1 aromatic heterocycles. The average Bonchev–Trinajstić information content (AvgIpc) is 2.35. The third-order valence-corrected chi connectivity index (χ3v) is 2.64. The van der Waals surface area contributed by atoms with E-state index in [-0.39, 0.29) is 0 Å². The van der Waals surface area contributed by atoms with Gasteiger partial charge < -0.3 is 4.74 Å². The summed E-state index contributed by atoms with van der Waals surface area (Å²) in [5.74, 6) is 1.21. The predicted molar refractivity (Wildman–Crippen MR) is 73.3 cm³/mol. The van der Waals surface area contributed by atoms with E-state index in [1.165, 1.54) is 6.07 Å². The van der Waals surface area contributed by atoms with Gasteiger partial charge in [0.1, 0.15) is 16.1 Å². The van der Waals surface area contributed by atoms with E-state index in [1.807, 2.05) is 24.3 Å². The molecular weight excluding hydrogens is 271 g/mol. The average molecular weight is 283 g/mol. The molecule has 3 nitrogen and oxygen atoms in total. The van der Waals surface area contributed by atoms with Gasteiger partial charge in [0.2, 0.25) is 0 Å². The number of hydrogen-bond donors (Lipinski definition) is 0. The van der Waals surface area contributed by atoms with E-state index < -0.39 is 0 Å². The van der Waals surface area contributed by atoms with Gasteiger partial charge in [-0.25, -0.2) is 9.97 Å². The number of aromatic nitrogens is 2. The highest BCUT2D eigenvalue weighted by molar-refractivity contribution is 6.33. The number of para-hydroxylation sites is 1. The smallest absolute Gasteiger partial charge is 0.166 e. The lowest BCUT2D eigenvalue weighted by Gasteiger charge is -2.09. The van der Waals surface area contributed by atoms with Crippen molar-refractivity contribution in [2.45, 2.75) is 13.3 Å². The van der Waals surface area contributed by atoms with Crippen LogP contribution in [0.25, 0.3) is 11.4 Å². The zero-order chi connectivity index (χ0) is 13.0. The maximum Gasteiger partial charge on any atom is 0.166 e. The molecule has 0 radical (unpaired) electrons. The largest absolute Gasteiger partial charge is 0.493 e. The van der Waals surface area contributed by atoms with Gasteiger partial charge in [-0.05, 0) is 18.6 Å². The van der Waals surface area contributed by atoms with Gasteiger partial charge >= 0.3 is 0 Å². The summed E-state index contributed by atoms with van der Waals surface area (Å²) in [6, 6.07) is 9.06. The molecule has 0 amide bonds. The zero-order valence-corrected chi connectivity index (χ0v) is 11.4. The Labute approximate surface area is 116 Å². The number of benzene rings is 1. The van der Waals surface area contributed by atoms with Crippen LogP contribution in [0.2, 0.25) is 10.3 Å². The van der Waals surface area contributed by atoms with Crippen molar-refractivity contribution >= 4 is 23.2 Å². The van der Waals surface area contributed by atoms with Gasteiger partial charge in [-0.2, -0.15) is 0 Å². The second-order valence-corrected chi connectivity index (χ2v) is 4.46. The molecule has 0 N–H and O–H groups in total. The third-order valence-electron chi connectivity index (χ3n) is 2.25. The van der Waals surface area contributed by atoms with E-state index in [4.69, 9.17) is 27.9 Å². The highest BCUT2D eigenvalue weighted by atomic mass is 35.5. The summed E-state index contributed by atoms with van der Waals surface area (Å²) >= 11 is 11.8. The van der Waals surface area contributed by atoms with Gasteiger partial charge in [0.25, 0.3) is 0 Å². The maximum atomic E-state index is 5.88. The number of halogens is 2. The van der Waals surface area contributed by atoms with E-state index in [1.54, 1.807) is 0 Å². The molecule has 94 valence electrons. The lowest BCUT2D eigenvalue weighted by atomic mass is 10.2. The second-order valence-electron chi connectivity index (χ2n) is 3.68. The van der Waals surface area contributed by atoms with Gasteiger partial charge in [-0.3, -0.25) is 0 Å². The SMILES string of the molecule is CCCOc1ccccc1-c1nc(Cl)cc(Cl)n1. The van der Waals surface area contributed by atoms with Crippen LogP contribution in [0, 0.1) is 0 Å². The van der Waals surface area contributed by atoms with Crippen LogP contribution in [0.5, 0.6) is 5.75 Å². The van der Waals surface area contributed by atoms with Crippen molar-refractivity contribution < 1.29 is 4.74 Å². The Kier molecular flexibility index (Phi) is 4.39. The maximum absolute atomic E-state index is 5.88. The number of rotatable bonds is 4. The first-order valence-electron chi connectivity index (χ1n) is 5.63. The molecule has 0 spiro atoms. The Morgan fingerprint density at radius 3 is 2.44 bits per heavy atom. The summed E-state index contributed by atoms with van der Waals surface area (Å²) in [7, 11) is 0. The minimum Gasteiger partial charge on any atom is -0.493 e. The van der Waals surface area contributed by atoms with E-state index in [0.717, 1.165) is 17.7 Å². The molecule has 0 aliphatic carbocycles. The summed E-state index contributed by atoms with van der Waals surface area (Å²) in [4.78, 5) is 8.33. The first-order chi connectivity index (χ1) is 8.70. The molecule has 0 aliphatic rings. The molecule has 1 aromatic carbocycles. The van der Waals surface area contributed by atoms with Crippen molar-refractivity contribution in [2.24, 2.45) is 0 Å². The van der Waals surface area contributed by atoms with Gasteiger partial charge in [-0.15, -0.1) is 0 Å². The van der Waals surface area contributed by atoms with Crippen LogP contribution in [0.15, 0.2) is 30.3 Å². The molecule has 1 heterocycles. The van der Waals surface area contributed by atoms with Crippen LogP contribution < -0.4 is 4.74 Å². The Morgan fingerprint density at radius 2 is 1.78 bits per heavy atom. The molecule has 0 saturated carbocycles. The zero-order valence-electron chi connectivity index (χ0n) is 9.86. The minimum atomic E-state index is 0.315. The number of hydrogen-bond acceptors (Lipinski definition) is 3. The van der Waals surface area contributed by atoms with Gasteiger partial charge in [-0.1, -0.05) is 42.3 Å². The van der Waals surface area contributed by atoms with Crippen LogP contribution >= 0.6 is 23.2 Å². The Morgan fingerprint density at radius 1 is 1.11 bits per heavy atom. The highest BCUT2D eigenvalue weighted by Crippen LogP contribution is 2.29. The lowest BCUT2D eigenvalue weighted by molar-refractivity contribution is 0.318. The number of nitrogens with zero attached hydrogens (tertiary/aromatic N) is 2. The number of ether oxygens (including phenoxy) is 1. The van der Waals surface area contributed by atoms with E-state index in [9.17, 15) is 0 Å².